The average Bonchev–Trinajstić information content (AvgIpc) is 3.61. The fourth-order valence-corrected chi connectivity index (χ4v) is 6.46. The molecule has 3 heterocycles. The van der Waals surface area contributed by atoms with Crippen LogP contribution >= 0.6 is 11.3 Å². The monoisotopic (exact) mass is 604 g/mol. The zero-order valence-corrected chi connectivity index (χ0v) is 25.6. The summed E-state index contributed by atoms with van der Waals surface area (Å²) in [7, 11) is 2.05. The molecule has 9 nitrogen and oxygen atoms in total. The summed E-state index contributed by atoms with van der Waals surface area (Å²) >= 11 is 1.29. The fraction of sp³-hybridized carbons (Fsp3) is 0.206. The Labute approximate surface area is 258 Å². The van der Waals surface area contributed by atoms with Gasteiger partial charge < -0.3 is 4.74 Å². The van der Waals surface area contributed by atoms with Crippen LogP contribution in [-0.4, -0.2) is 44.1 Å². The van der Waals surface area contributed by atoms with Crippen LogP contribution in [0.4, 0.5) is 0 Å². The number of esters is 1. The van der Waals surface area contributed by atoms with Crippen molar-refractivity contribution in [3.63, 3.8) is 0 Å². The second kappa shape index (κ2) is 12.7. The van der Waals surface area contributed by atoms with Crippen molar-refractivity contribution in [1.82, 2.24) is 24.5 Å². The number of thiazole rings is 1. The van der Waals surface area contributed by atoms with E-state index in [1.54, 1.807) is 23.1 Å². The number of hydrogen-bond donors (Lipinski definition) is 0. The molecule has 10 heteroatoms. The Morgan fingerprint density at radius 3 is 2.45 bits per heavy atom. The number of fused-ring (bicyclic) bond motifs is 1. The highest BCUT2D eigenvalue weighted by Gasteiger charge is 2.33. The lowest BCUT2D eigenvalue weighted by atomic mass is 9.96. The molecule has 1 aliphatic heterocycles. The molecule has 0 saturated carbocycles. The maximum absolute atomic E-state index is 14.0. The number of allylic oxidation sites excluding steroid dienone is 1. The van der Waals surface area contributed by atoms with E-state index >= 15 is 0 Å². The Morgan fingerprint density at radius 2 is 1.70 bits per heavy atom. The maximum atomic E-state index is 14.0. The van der Waals surface area contributed by atoms with Gasteiger partial charge in [-0.15, -0.1) is 5.10 Å². The summed E-state index contributed by atoms with van der Waals surface area (Å²) in [5, 5.41) is 8.82. The van der Waals surface area contributed by atoms with E-state index in [0.717, 1.165) is 29.1 Å². The molecule has 222 valence electrons. The van der Waals surface area contributed by atoms with Crippen LogP contribution in [0.2, 0.25) is 0 Å². The number of carbonyl (C=O) groups excluding carboxylic acids is 1. The minimum atomic E-state index is -0.644. The van der Waals surface area contributed by atoms with Crippen LogP contribution in [0.25, 0.3) is 11.8 Å². The van der Waals surface area contributed by atoms with Gasteiger partial charge in [0.05, 0.1) is 46.0 Å². The first-order valence-electron chi connectivity index (χ1n) is 14.4. The van der Waals surface area contributed by atoms with Crippen LogP contribution in [-0.2, 0) is 22.6 Å². The van der Waals surface area contributed by atoms with Gasteiger partial charge in [0, 0.05) is 18.7 Å². The van der Waals surface area contributed by atoms with Crippen LogP contribution in [0.15, 0.2) is 112 Å². The molecule has 2 aromatic heterocycles. The lowest BCUT2D eigenvalue weighted by Gasteiger charge is -2.24. The number of ether oxygens (including phenoxy) is 1. The van der Waals surface area contributed by atoms with Crippen molar-refractivity contribution in [1.29, 1.82) is 0 Å². The summed E-state index contributed by atoms with van der Waals surface area (Å²) in [5.41, 5.74) is 5.16. The zero-order chi connectivity index (χ0) is 30.6. The highest BCUT2D eigenvalue weighted by atomic mass is 32.1. The first kappa shape index (κ1) is 29.2. The van der Waals surface area contributed by atoms with Crippen molar-refractivity contribution in [2.75, 3.05) is 13.7 Å². The predicted molar refractivity (Wildman–Crippen MR) is 170 cm³/mol. The number of benzene rings is 3. The van der Waals surface area contributed by atoms with E-state index < -0.39 is 12.0 Å². The molecule has 44 heavy (non-hydrogen) atoms. The van der Waals surface area contributed by atoms with E-state index in [9.17, 15) is 9.59 Å². The average molecular weight is 605 g/mol. The minimum absolute atomic E-state index is 0.228. The first-order valence-corrected chi connectivity index (χ1v) is 15.2. The Balaban J connectivity index is 1.36. The van der Waals surface area contributed by atoms with Crippen LogP contribution in [0, 0.1) is 0 Å². The van der Waals surface area contributed by atoms with E-state index in [1.807, 2.05) is 85.1 Å². The van der Waals surface area contributed by atoms with Crippen LogP contribution in [0.1, 0.15) is 42.3 Å². The largest absolute Gasteiger partial charge is 0.463 e. The van der Waals surface area contributed by atoms with Gasteiger partial charge in [-0.1, -0.05) is 95.4 Å². The van der Waals surface area contributed by atoms with E-state index in [1.165, 1.54) is 16.9 Å². The third kappa shape index (κ3) is 5.95. The van der Waals surface area contributed by atoms with Crippen molar-refractivity contribution >= 4 is 23.4 Å². The minimum Gasteiger partial charge on any atom is -0.463 e. The van der Waals surface area contributed by atoms with E-state index in [-0.39, 0.29) is 12.2 Å². The molecule has 0 radical (unpaired) electrons. The summed E-state index contributed by atoms with van der Waals surface area (Å²) in [5.74, 6) is -0.473. The maximum Gasteiger partial charge on any atom is 0.338 e. The number of nitrogens with zero attached hydrogens (tertiary/aromatic N) is 6. The van der Waals surface area contributed by atoms with Crippen LogP contribution < -0.4 is 14.9 Å². The van der Waals surface area contributed by atoms with Gasteiger partial charge in [0.2, 0.25) is 0 Å². The molecule has 0 bridgehead atoms. The molecule has 5 aromatic rings. The van der Waals surface area contributed by atoms with E-state index in [2.05, 4.69) is 39.4 Å². The third-order valence-electron chi connectivity index (χ3n) is 7.37. The van der Waals surface area contributed by atoms with Crippen molar-refractivity contribution < 1.29 is 9.53 Å². The summed E-state index contributed by atoms with van der Waals surface area (Å²) in [6.07, 6.45) is 3.77. The quantitative estimate of drug-likeness (QED) is 0.236. The van der Waals surface area contributed by atoms with Crippen LogP contribution in [0.5, 0.6) is 0 Å². The number of aromatic nitrogens is 4. The molecule has 0 saturated heterocycles. The molecular weight excluding hydrogens is 572 g/mol. The van der Waals surface area contributed by atoms with Gasteiger partial charge in [0.25, 0.3) is 5.56 Å². The highest BCUT2D eigenvalue weighted by molar-refractivity contribution is 7.07. The predicted octanol–water partition coefficient (Wildman–Crippen LogP) is 4.01. The molecule has 6 rings (SSSR count). The van der Waals surface area contributed by atoms with E-state index in [4.69, 9.17) is 4.74 Å². The SMILES string of the molecule is CCOC(=O)C1=C(C)N=c2s/c(=C\c3ccccc3-n3cc(CN(C)Cc4ccccc4)nn3)c(=O)n2C1c1ccccc1. The van der Waals surface area contributed by atoms with Gasteiger partial charge in [-0.3, -0.25) is 14.3 Å². The Morgan fingerprint density at radius 1 is 1.00 bits per heavy atom. The molecule has 1 unspecified atom stereocenters. The summed E-state index contributed by atoms with van der Waals surface area (Å²) in [4.78, 5) is 34.5. The Bertz CT molecular complexity index is 2010. The van der Waals surface area contributed by atoms with Gasteiger partial charge in [0.15, 0.2) is 4.80 Å². The van der Waals surface area contributed by atoms with Crippen molar-refractivity contribution in [2.24, 2.45) is 4.99 Å². The van der Waals surface area contributed by atoms with Gasteiger partial charge in [-0.2, -0.15) is 0 Å². The molecule has 0 spiro atoms. The molecule has 1 aliphatic rings. The molecule has 0 amide bonds. The van der Waals surface area contributed by atoms with Gasteiger partial charge in [0.1, 0.15) is 0 Å². The lowest BCUT2D eigenvalue weighted by Crippen LogP contribution is -2.39. The highest BCUT2D eigenvalue weighted by Crippen LogP contribution is 2.30. The smallest absolute Gasteiger partial charge is 0.338 e. The molecule has 1 atom stereocenters. The Hall–Kier alpha value is -4.93. The van der Waals surface area contributed by atoms with Gasteiger partial charge >= 0.3 is 5.97 Å². The second-order valence-corrected chi connectivity index (χ2v) is 11.6. The summed E-state index contributed by atoms with van der Waals surface area (Å²) in [6, 6.07) is 26.9. The van der Waals surface area contributed by atoms with E-state index in [0.29, 0.717) is 27.1 Å². The second-order valence-electron chi connectivity index (χ2n) is 10.6. The molecular formula is C34H32N6O3S. The van der Waals surface area contributed by atoms with Crippen molar-refractivity contribution in [3.05, 3.63) is 144 Å². The normalized spacial score (nSPS) is 14.9. The number of rotatable bonds is 9. The van der Waals surface area contributed by atoms with Crippen molar-refractivity contribution in [3.8, 4) is 5.69 Å². The molecule has 0 fully saturated rings. The fourth-order valence-electron chi connectivity index (χ4n) is 5.42. The molecule has 3 aromatic carbocycles. The Kier molecular flexibility index (Phi) is 8.44. The number of hydrogen-bond acceptors (Lipinski definition) is 8. The standard InChI is InChI=1S/C34H32N6O3S/c1-4-43-33(42)30-23(2)35-34-40(31(30)25-15-9-6-10-16-25)32(41)29(44-34)19-26-17-11-12-18-28(26)39-22-27(36-37-39)21-38(3)20-24-13-7-5-8-14-24/h5-19,22,31H,4,20-21H2,1-3H3/b29-19-. The zero-order valence-electron chi connectivity index (χ0n) is 24.8. The first-order chi connectivity index (χ1) is 21.4. The van der Waals surface area contributed by atoms with Crippen LogP contribution in [0.3, 0.4) is 0 Å². The summed E-state index contributed by atoms with van der Waals surface area (Å²) in [6.45, 7) is 5.21. The van der Waals surface area contributed by atoms with Crippen molar-refractivity contribution in [2.45, 2.75) is 33.0 Å². The topological polar surface area (TPSA) is 94.6 Å². The number of para-hydroxylation sites is 1. The molecule has 0 N–H and O–H groups in total. The third-order valence-corrected chi connectivity index (χ3v) is 8.35. The summed E-state index contributed by atoms with van der Waals surface area (Å²) < 4.78 is 9.23. The van der Waals surface area contributed by atoms with Gasteiger partial charge in [-0.25, -0.2) is 14.5 Å². The van der Waals surface area contributed by atoms with Gasteiger partial charge in [-0.05, 0) is 44.2 Å². The number of carbonyl (C=O) groups is 1. The molecule has 0 aliphatic carbocycles. The lowest BCUT2D eigenvalue weighted by molar-refractivity contribution is -0.139.